The Balaban J connectivity index is 1.52. The number of hydrogen-bond donors (Lipinski definition) is 0. The summed E-state index contributed by atoms with van der Waals surface area (Å²) in [5.41, 5.74) is 0.869. The summed E-state index contributed by atoms with van der Waals surface area (Å²) < 4.78 is 13.0. The van der Waals surface area contributed by atoms with Crippen LogP contribution in [0.15, 0.2) is 47.1 Å². The fraction of sp³-hybridized carbons (Fsp3) is 0.500. The van der Waals surface area contributed by atoms with Crippen molar-refractivity contribution in [1.29, 1.82) is 0 Å². The van der Waals surface area contributed by atoms with Crippen molar-refractivity contribution >= 4 is 11.9 Å². The normalized spacial score (nSPS) is 23.7. The first kappa shape index (κ1) is 20.5. The van der Waals surface area contributed by atoms with Crippen LogP contribution in [0.4, 0.5) is 5.95 Å². The van der Waals surface area contributed by atoms with Crippen molar-refractivity contribution in [3.05, 3.63) is 48.4 Å². The SMILES string of the molecule is COc1ccc(-c2nc3n(n2)C2(CCCCC2)C2CCCCC2N3C(=O)c2ccco2)cc1. The second kappa shape index (κ2) is 8.04. The minimum absolute atomic E-state index is 0.0592. The lowest BCUT2D eigenvalue weighted by atomic mass is 9.64. The molecule has 6 rings (SSSR count). The van der Waals surface area contributed by atoms with Crippen LogP contribution in [0.5, 0.6) is 5.75 Å². The van der Waals surface area contributed by atoms with Gasteiger partial charge in [-0.1, -0.05) is 32.1 Å². The van der Waals surface area contributed by atoms with Crippen molar-refractivity contribution in [3.8, 4) is 17.1 Å². The molecule has 2 aromatic heterocycles. The van der Waals surface area contributed by atoms with Gasteiger partial charge in [0.2, 0.25) is 5.95 Å². The van der Waals surface area contributed by atoms with Crippen LogP contribution in [-0.4, -0.2) is 33.8 Å². The van der Waals surface area contributed by atoms with Gasteiger partial charge in [0, 0.05) is 17.5 Å². The molecule has 0 saturated heterocycles. The van der Waals surface area contributed by atoms with Gasteiger partial charge in [-0.15, -0.1) is 5.10 Å². The zero-order chi connectivity index (χ0) is 22.4. The number of carbonyl (C=O) groups is 1. The predicted octanol–water partition coefficient (Wildman–Crippen LogP) is 5.43. The average molecular weight is 447 g/mol. The molecule has 2 fully saturated rings. The van der Waals surface area contributed by atoms with Crippen LogP contribution in [0.1, 0.15) is 68.3 Å². The molecule has 1 aliphatic heterocycles. The molecule has 0 radical (unpaired) electrons. The minimum atomic E-state index is -0.113. The van der Waals surface area contributed by atoms with E-state index in [1.807, 2.05) is 29.2 Å². The molecule has 0 bridgehead atoms. The lowest BCUT2D eigenvalue weighted by molar-refractivity contribution is 0.0309. The van der Waals surface area contributed by atoms with E-state index in [2.05, 4.69) is 4.68 Å². The van der Waals surface area contributed by atoms with Gasteiger partial charge in [-0.05, 0) is 62.1 Å². The Kier molecular flexibility index (Phi) is 5.00. The Bertz CT molecular complexity index is 1130. The molecule has 2 aliphatic carbocycles. The highest BCUT2D eigenvalue weighted by molar-refractivity contribution is 6.04. The first-order valence-electron chi connectivity index (χ1n) is 12.2. The fourth-order valence-corrected chi connectivity index (χ4v) is 6.48. The molecular weight excluding hydrogens is 416 g/mol. The van der Waals surface area contributed by atoms with E-state index >= 15 is 0 Å². The van der Waals surface area contributed by atoms with E-state index in [0.29, 0.717) is 23.5 Å². The van der Waals surface area contributed by atoms with Gasteiger partial charge in [0.1, 0.15) is 5.75 Å². The first-order chi connectivity index (χ1) is 16.2. The molecule has 33 heavy (non-hydrogen) atoms. The van der Waals surface area contributed by atoms with Crippen LogP contribution in [0, 0.1) is 5.92 Å². The van der Waals surface area contributed by atoms with Crippen LogP contribution in [-0.2, 0) is 5.54 Å². The third kappa shape index (κ3) is 3.20. The van der Waals surface area contributed by atoms with E-state index in [1.165, 1.54) is 25.7 Å². The van der Waals surface area contributed by atoms with Crippen molar-refractivity contribution in [2.45, 2.75) is 69.4 Å². The molecule has 3 aromatic rings. The predicted molar refractivity (Wildman–Crippen MR) is 124 cm³/mol. The summed E-state index contributed by atoms with van der Waals surface area (Å²) in [4.78, 5) is 20.6. The number of rotatable bonds is 3. The molecule has 1 aromatic carbocycles. The molecule has 2 saturated carbocycles. The quantitative estimate of drug-likeness (QED) is 0.537. The fourth-order valence-electron chi connectivity index (χ4n) is 6.48. The van der Waals surface area contributed by atoms with E-state index < -0.39 is 0 Å². The van der Waals surface area contributed by atoms with Crippen LogP contribution in [0.2, 0.25) is 0 Å². The molecule has 172 valence electrons. The average Bonchev–Trinajstić information content (AvgIpc) is 3.56. The Morgan fingerprint density at radius 1 is 1.06 bits per heavy atom. The highest BCUT2D eigenvalue weighted by Crippen LogP contribution is 2.53. The Hall–Kier alpha value is -3.09. The van der Waals surface area contributed by atoms with Gasteiger partial charge in [0.15, 0.2) is 11.6 Å². The Morgan fingerprint density at radius 3 is 2.58 bits per heavy atom. The topological polar surface area (TPSA) is 73.4 Å². The number of fused-ring (bicyclic) bond motifs is 4. The molecule has 2 atom stereocenters. The number of amides is 1. The van der Waals surface area contributed by atoms with Gasteiger partial charge in [0.25, 0.3) is 5.91 Å². The number of carbonyl (C=O) groups excluding carboxylic acids is 1. The van der Waals surface area contributed by atoms with Crippen LogP contribution >= 0.6 is 0 Å². The number of ether oxygens (including phenoxy) is 1. The standard InChI is InChI=1S/C26H30N4O3/c1-32-19-13-11-18(12-14-19)23-27-25-29(24(31)22-10-7-17-33-22)21-9-4-3-8-20(21)26(30(25)28-23)15-5-2-6-16-26/h7,10-14,17,20-21H,2-6,8-9,15-16H2,1H3. The van der Waals surface area contributed by atoms with E-state index in [9.17, 15) is 4.79 Å². The number of benzene rings is 1. The van der Waals surface area contributed by atoms with E-state index in [1.54, 1.807) is 25.5 Å². The van der Waals surface area contributed by atoms with E-state index in [0.717, 1.165) is 43.4 Å². The maximum atomic E-state index is 13.7. The van der Waals surface area contributed by atoms with E-state index in [4.69, 9.17) is 19.2 Å². The van der Waals surface area contributed by atoms with Crippen molar-refractivity contribution in [1.82, 2.24) is 14.8 Å². The Morgan fingerprint density at radius 2 is 1.85 bits per heavy atom. The van der Waals surface area contributed by atoms with Crippen molar-refractivity contribution in [2.24, 2.45) is 5.92 Å². The monoisotopic (exact) mass is 446 g/mol. The van der Waals surface area contributed by atoms with Gasteiger partial charge >= 0.3 is 0 Å². The van der Waals surface area contributed by atoms with Crippen LogP contribution in [0.25, 0.3) is 11.4 Å². The minimum Gasteiger partial charge on any atom is -0.497 e. The molecular formula is C26H30N4O3. The largest absolute Gasteiger partial charge is 0.497 e. The van der Waals surface area contributed by atoms with Gasteiger partial charge in [0.05, 0.1) is 18.9 Å². The zero-order valence-corrected chi connectivity index (χ0v) is 19.1. The number of aromatic nitrogens is 3. The number of anilines is 1. The molecule has 0 N–H and O–H groups in total. The number of hydrogen-bond acceptors (Lipinski definition) is 5. The summed E-state index contributed by atoms with van der Waals surface area (Å²) in [6, 6.07) is 11.5. The third-order valence-corrected chi connectivity index (χ3v) is 8.00. The van der Waals surface area contributed by atoms with E-state index in [-0.39, 0.29) is 17.5 Å². The second-order valence-electron chi connectivity index (χ2n) is 9.65. The maximum Gasteiger partial charge on any atom is 0.296 e. The Labute approximate surface area is 193 Å². The summed E-state index contributed by atoms with van der Waals surface area (Å²) in [6.45, 7) is 0. The summed E-state index contributed by atoms with van der Waals surface area (Å²) in [5, 5.41) is 5.10. The molecule has 7 nitrogen and oxygen atoms in total. The first-order valence-corrected chi connectivity index (χ1v) is 12.2. The maximum absolute atomic E-state index is 13.7. The summed E-state index contributed by atoms with van der Waals surface area (Å²) in [7, 11) is 1.66. The van der Waals surface area contributed by atoms with Crippen molar-refractivity contribution in [3.63, 3.8) is 0 Å². The molecule has 1 spiro atoms. The molecule has 7 heteroatoms. The second-order valence-corrected chi connectivity index (χ2v) is 9.65. The van der Waals surface area contributed by atoms with Gasteiger partial charge < -0.3 is 9.15 Å². The number of methoxy groups -OCH3 is 1. The van der Waals surface area contributed by atoms with Gasteiger partial charge in [-0.25, -0.2) is 4.68 Å². The number of furan rings is 1. The zero-order valence-electron chi connectivity index (χ0n) is 19.1. The molecule has 3 aliphatic rings. The van der Waals surface area contributed by atoms with Crippen LogP contribution < -0.4 is 9.64 Å². The highest BCUT2D eigenvalue weighted by atomic mass is 16.5. The van der Waals surface area contributed by atoms with Gasteiger partial charge in [-0.2, -0.15) is 4.98 Å². The van der Waals surface area contributed by atoms with Crippen molar-refractivity contribution < 1.29 is 13.9 Å². The third-order valence-electron chi connectivity index (χ3n) is 8.00. The van der Waals surface area contributed by atoms with Gasteiger partial charge in [-0.3, -0.25) is 9.69 Å². The molecule has 1 amide bonds. The summed E-state index contributed by atoms with van der Waals surface area (Å²) >= 11 is 0. The smallest absolute Gasteiger partial charge is 0.296 e. The molecule has 3 heterocycles. The van der Waals surface area contributed by atoms with Crippen molar-refractivity contribution in [2.75, 3.05) is 12.0 Å². The number of nitrogens with zero attached hydrogens (tertiary/aromatic N) is 4. The lowest BCUT2D eigenvalue weighted by Gasteiger charge is -2.55. The lowest BCUT2D eigenvalue weighted by Crippen LogP contribution is -2.61. The molecule has 2 unspecified atom stereocenters. The summed E-state index contributed by atoms with van der Waals surface area (Å²) in [5.74, 6) is 2.77. The summed E-state index contributed by atoms with van der Waals surface area (Å²) in [6.07, 6.45) is 11.9. The van der Waals surface area contributed by atoms with Crippen LogP contribution in [0.3, 0.4) is 0 Å². The highest BCUT2D eigenvalue weighted by Gasteiger charge is 2.55.